The molecular weight excluding hydrogens is 220 g/mol. The van der Waals surface area contributed by atoms with E-state index in [1.165, 1.54) is 17.7 Å². The zero-order valence-electron chi connectivity index (χ0n) is 11.3. The Balaban J connectivity index is 0.000000478. The summed E-state index contributed by atoms with van der Waals surface area (Å²) >= 11 is 0. The molecule has 3 unspecified atom stereocenters. The molecule has 94 valence electrons. The molecule has 0 spiro atoms. The monoisotopic (exact) mass is 240 g/mol. The first-order valence-electron chi connectivity index (χ1n) is 6.91. The highest BCUT2D eigenvalue weighted by molar-refractivity contribution is 5.55. The molecule has 1 heterocycles. The molecule has 1 saturated carbocycles. The van der Waals surface area contributed by atoms with Crippen molar-refractivity contribution in [1.29, 1.82) is 0 Å². The molecule has 4 rings (SSSR count). The Kier molecular flexibility index (Phi) is 2.54. The van der Waals surface area contributed by atoms with Crippen molar-refractivity contribution < 1.29 is 0 Å². The second-order valence-electron chi connectivity index (χ2n) is 5.11. The van der Waals surface area contributed by atoms with Gasteiger partial charge >= 0.3 is 0 Å². The Morgan fingerprint density at radius 2 is 1.94 bits per heavy atom. The summed E-state index contributed by atoms with van der Waals surface area (Å²) in [5.74, 6) is 1.34. The SMILES string of the molecule is CC.CC1c2ccccc2C2CC12c1cnc[nH]1. The van der Waals surface area contributed by atoms with Crippen LogP contribution in [0.2, 0.25) is 0 Å². The molecular formula is C16H20N2. The smallest absolute Gasteiger partial charge is 0.0921 e. The molecule has 0 saturated heterocycles. The number of benzene rings is 1. The van der Waals surface area contributed by atoms with Crippen LogP contribution in [-0.2, 0) is 5.41 Å². The Hall–Kier alpha value is -1.57. The number of imidazole rings is 1. The number of hydrogen-bond acceptors (Lipinski definition) is 1. The van der Waals surface area contributed by atoms with E-state index in [9.17, 15) is 0 Å². The molecule has 0 aliphatic heterocycles. The first-order chi connectivity index (χ1) is 8.84. The van der Waals surface area contributed by atoms with Crippen LogP contribution < -0.4 is 0 Å². The van der Waals surface area contributed by atoms with Crippen LogP contribution in [0.5, 0.6) is 0 Å². The summed E-state index contributed by atoms with van der Waals surface area (Å²) in [4.78, 5) is 7.50. The van der Waals surface area contributed by atoms with E-state index in [1.807, 2.05) is 20.0 Å². The Morgan fingerprint density at radius 1 is 1.22 bits per heavy atom. The number of nitrogens with zero attached hydrogens (tertiary/aromatic N) is 1. The third kappa shape index (κ3) is 1.26. The van der Waals surface area contributed by atoms with Gasteiger partial charge in [-0.15, -0.1) is 0 Å². The highest BCUT2D eigenvalue weighted by Gasteiger charge is 2.65. The lowest BCUT2D eigenvalue weighted by Crippen LogP contribution is -2.13. The average Bonchev–Trinajstić information content (AvgIpc) is 2.84. The third-order valence-corrected chi connectivity index (χ3v) is 4.61. The topological polar surface area (TPSA) is 28.7 Å². The van der Waals surface area contributed by atoms with Gasteiger partial charge in [-0.3, -0.25) is 0 Å². The molecule has 0 amide bonds. The van der Waals surface area contributed by atoms with E-state index in [0.717, 1.165) is 5.92 Å². The van der Waals surface area contributed by atoms with Gasteiger partial charge in [0.2, 0.25) is 0 Å². The van der Waals surface area contributed by atoms with E-state index in [1.54, 1.807) is 11.9 Å². The molecule has 3 atom stereocenters. The summed E-state index contributed by atoms with van der Waals surface area (Å²) in [5.41, 5.74) is 4.75. The lowest BCUT2D eigenvalue weighted by atomic mass is 9.86. The van der Waals surface area contributed by atoms with E-state index < -0.39 is 0 Å². The summed E-state index contributed by atoms with van der Waals surface area (Å²) in [6.45, 7) is 6.35. The van der Waals surface area contributed by atoms with Crippen LogP contribution in [0.1, 0.15) is 55.8 Å². The van der Waals surface area contributed by atoms with E-state index in [2.05, 4.69) is 41.2 Å². The summed E-state index contributed by atoms with van der Waals surface area (Å²) in [5, 5.41) is 0. The Morgan fingerprint density at radius 3 is 2.56 bits per heavy atom. The van der Waals surface area contributed by atoms with Gasteiger partial charge < -0.3 is 4.98 Å². The number of aromatic amines is 1. The van der Waals surface area contributed by atoms with E-state index >= 15 is 0 Å². The van der Waals surface area contributed by atoms with E-state index in [4.69, 9.17) is 0 Å². The molecule has 2 aliphatic rings. The van der Waals surface area contributed by atoms with Crippen LogP contribution >= 0.6 is 0 Å². The fourth-order valence-electron chi connectivity index (χ4n) is 3.69. The van der Waals surface area contributed by atoms with Gasteiger partial charge in [-0.05, 0) is 29.4 Å². The van der Waals surface area contributed by atoms with Gasteiger partial charge in [0, 0.05) is 17.3 Å². The summed E-state index contributed by atoms with van der Waals surface area (Å²) in [6, 6.07) is 8.89. The number of hydrogen-bond donors (Lipinski definition) is 1. The van der Waals surface area contributed by atoms with Crippen molar-refractivity contribution in [3.05, 3.63) is 53.6 Å². The highest BCUT2D eigenvalue weighted by Crippen LogP contribution is 2.72. The lowest BCUT2D eigenvalue weighted by molar-refractivity contribution is 0.566. The number of rotatable bonds is 1. The standard InChI is InChI=1S/C14H14N2.C2H6/c1-9-10-4-2-3-5-11(10)12-6-14(9,12)13-7-15-8-16-13;1-2/h2-5,7-9,12H,6H2,1H3,(H,15,16);1-2H3. The minimum atomic E-state index is 0.334. The second kappa shape index (κ2) is 3.98. The summed E-state index contributed by atoms with van der Waals surface area (Å²) < 4.78 is 0. The molecule has 0 radical (unpaired) electrons. The van der Waals surface area contributed by atoms with Crippen molar-refractivity contribution in [2.75, 3.05) is 0 Å². The van der Waals surface area contributed by atoms with Crippen LogP contribution in [0.3, 0.4) is 0 Å². The van der Waals surface area contributed by atoms with Crippen molar-refractivity contribution in [3.63, 3.8) is 0 Å². The lowest BCUT2D eigenvalue weighted by Gasteiger charge is -2.18. The number of fused-ring (bicyclic) bond motifs is 3. The van der Waals surface area contributed by atoms with Crippen LogP contribution in [-0.4, -0.2) is 9.97 Å². The highest BCUT2D eigenvalue weighted by atomic mass is 14.9. The van der Waals surface area contributed by atoms with E-state index in [-0.39, 0.29) is 0 Å². The van der Waals surface area contributed by atoms with Gasteiger partial charge in [0.15, 0.2) is 0 Å². The van der Waals surface area contributed by atoms with Gasteiger partial charge in [0.25, 0.3) is 0 Å². The molecule has 0 bridgehead atoms. The molecule has 1 fully saturated rings. The second-order valence-corrected chi connectivity index (χ2v) is 5.11. The fraction of sp³-hybridized carbons (Fsp3) is 0.438. The quantitative estimate of drug-likeness (QED) is 0.802. The van der Waals surface area contributed by atoms with Gasteiger partial charge in [-0.1, -0.05) is 45.0 Å². The van der Waals surface area contributed by atoms with Crippen LogP contribution in [0.15, 0.2) is 36.8 Å². The molecule has 1 aromatic carbocycles. The fourth-order valence-corrected chi connectivity index (χ4v) is 3.69. The first kappa shape index (κ1) is 11.5. The first-order valence-corrected chi connectivity index (χ1v) is 6.91. The molecule has 2 aromatic rings. The molecule has 2 heteroatoms. The molecule has 2 aliphatic carbocycles. The predicted octanol–water partition coefficient (Wildman–Crippen LogP) is 3.98. The minimum Gasteiger partial charge on any atom is -0.348 e. The average molecular weight is 240 g/mol. The zero-order chi connectivity index (χ0) is 12.8. The third-order valence-electron chi connectivity index (χ3n) is 4.61. The Labute approximate surface area is 108 Å². The predicted molar refractivity (Wildman–Crippen MR) is 73.8 cm³/mol. The maximum atomic E-state index is 4.18. The molecule has 18 heavy (non-hydrogen) atoms. The number of nitrogens with one attached hydrogen (secondary N) is 1. The normalized spacial score (nSPS) is 31.1. The minimum absolute atomic E-state index is 0.334. The largest absolute Gasteiger partial charge is 0.348 e. The molecule has 1 N–H and O–H groups in total. The van der Waals surface area contributed by atoms with Crippen molar-refractivity contribution >= 4 is 0 Å². The van der Waals surface area contributed by atoms with Gasteiger partial charge in [-0.25, -0.2) is 4.98 Å². The van der Waals surface area contributed by atoms with Crippen molar-refractivity contribution in [2.45, 2.75) is 44.4 Å². The summed E-state index contributed by atoms with van der Waals surface area (Å²) in [6.07, 6.45) is 5.09. The number of H-pyrrole nitrogens is 1. The Bertz CT molecular complexity index is 529. The van der Waals surface area contributed by atoms with Gasteiger partial charge in [0.1, 0.15) is 0 Å². The van der Waals surface area contributed by atoms with Gasteiger partial charge in [-0.2, -0.15) is 0 Å². The van der Waals surface area contributed by atoms with Crippen LogP contribution in [0, 0.1) is 0 Å². The van der Waals surface area contributed by atoms with Gasteiger partial charge in [0.05, 0.1) is 6.33 Å². The summed E-state index contributed by atoms with van der Waals surface area (Å²) in [7, 11) is 0. The van der Waals surface area contributed by atoms with Crippen LogP contribution in [0.25, 0.3) is 0 Å². The maximum Gasteiger partial charge on any atom is 0.0921 e. The number of aromatic nitrogens is 2. The molecule has 1 aromatic heterocycles. The maximum absolute atomic E-state index is 4.18. The van der Waals surface area contributed by atoms with Crippen LogP contribution in [0.4, 0.5) is 0 Å². The van der Waals surface area contributed by atoms with E-state index in [0.29, 0.717) is 11.3 Å². The van der Waals surface area contributed by atoms with Crippen molar-refractivity contribution in [2.24, 2.45) is 0 Å². The van der Waals surface area contributed by atoms with Crippen molar-refractivity contribution in [3.8, 4) is 0 Å². The van der Waals surface area contributed by atoms with Crippen molar-refractivity contribution in [1.82, 2.24) is 9.97 Å². The zero-order valence-corrected chi connectivity index (χ0v) is 11.3. The molecule has 2 nitrogen and oxygen atoms in total.